The summed E-state index contributed by atoms with van der Waals surface area (Å²) in [6.07, 6.45) is 1.30. The second-order valence-corrected chi connectivity index (χ2v) is 4.20. The van der Waals surface area contributed by atoms with Crippen LogP contribution in [-0.2, 0) is 11.2 Å². The molecule has 98 valence electrons. The number of nitrogens with two attached hydrogens (primary N) is 1. The van der Waals surface area contributed by atoms with E-state index in [1.165, 1.54) is 6.20 Å². The summed E-state index contributed by atoms with van der Waals surface area (Å²) in [5, 5.41) is 0. The fraction of sp³-hybridized carbons (Fsp3) is 0.154. The molecule has 1 amide bonds. The zero-order valence-corrected chi connectivity index (χ0v) is 10.4. The number of nitrogens with one attached hydrogen (secondary N) is 2. The highest BCUT2D eigenvalue weighted by atomic mass is 16.2. The summed E-state index contributed by atoms with van der Waals surface area (Å²) in [6, 6.07) is 7.62. The predicted octanol–water partition coefficient (Wildman–Crippen LogP) is 0.278. The summed E-state index contributed by atoms with van der Waals surface area (Å²) in [5.41, 5.74) is 3.86. The number of hydrazine groups is 1. The number of carbonyl (C=O) groups is 1. The number of carbonyl (C=O) groups excluding carboxylic acids is 1. The van der Waals surface area contributed by atoms with E-state index in [0.717, 1.165) is 11.1 Å². The van der Waals surface area contributed by atoms with Gasteiger partial charge in [-0.3, -0.25) is 15.0 Å². The summed E-state index contributed by atoms with van der Waals surface area (Å²) < 4.78 is 0. The molecule has 2 aromatic rings. The Morgan fingerprint density at radius 3 is 2.63 bits per heavy atom. The Kier molecular flexibility index (Phi) is 3.72. The molecule has 1 aromatic heterocycles. The van der Waals surface area contributed by atoms with Crippen molar-refractivity contribution in [1.82, 2.24) is 15.4 Å². The first-order chi connectivity index (χ1) is 9.10. The van der Waals surface area contributed by atoms with Gasteiger partial charge in [0.25, 0.3) is 5.56 Å². The van der Waals surface area contributed by atoms with Crippen LogP contribution >= 0.6 is 0 Å². The largest absolute Gasteiger partial charge is 0.306 e. The van der Waals surface area contributed by atoms with Crippen LogP contribution < -0.4 is 16.8 Å². The average molecular weight is 258 g/mol. The maximum atomic E-state index is 11.8. The number of aromatic amines is 1. The number of hydrogen-bond acceptors (Lipinski definition) is 4. The number of nitrogens with zero attached hydrogens (tertiary/aromatic N) is 1. The van der Waals surface area contributed by atoms with Crippen molar-refractivity contribution in [2.45, 2.75) is 13.3 Å². The quantitative estimate of drug-likeness (QED) is 0.418. The summed E-state index contributed by atoms with van der Waals surface area (Å²) in [5.74, 6) is 5.01. The molecule has 1 heterocycles. The molecule has 19 heavy (non-hydrogen) atoms. The minimum Gasteiger partial charge on any atom is -0.306 e. The third-order valence-corrected chi connectivity index (χ3v) is 2.71. The third-order valence-electron chi connectivity index (χ3n) is 2.71. The lowest BCUT2D eigenvalue weighted by molar-refractivity contribution is -0.120. The van der Waals surface area contributed by atoms with Crippen molar-refractivity contribution in [1.29, 1.82) is 0 Å². The Balaban J connectivity index is 2.31. The Morgan fingerprint density at radius 1 is 1.37 bits per heavy atom. The fourth-order valence-electron chi connectivity index (χ4n) is 1.63. The smallest absolute Gasteiger partial charge is 0.254 e. The molecular weight excluding hydrogens is 244 g/mol. The Bertz CT molecular complexity index is 646. The van der Waals surface area contributed by atoms with E-state index in [1.807, 2.05) is 36.6 Å². The second kappa shape index (κ2) is 5.45. The normalized spacial score (nSPS) is 10.2. The molecular formula is C13H14N4O2. The van der Waals surface area contributed by atoms with Gasteiger partial charge in [0, 0.05) is 17.3 Å². The van der Waals surface area contributed by atoms with Crippen LogP contribution in [0.3, 0.4) is 0 Å². The highest BCUT2D eigenvalue weighted by molar-refractivity contribution is 5.77. The van der Waals surface area contributed by atoms with Crippen molar-refractivity contribution >= 4 is 5.91 Å². The summed E-state index contributed by atoms with van der Waals surface area (Å²) in [7, 11) is 0. The first-order valence-electron chi connectivity index (χ1n) is 5.75. The van der Waals surface area contributed by atoms with Crippen LogP contribution in [0.15, 0.2) is 35.3 Å². The number of amides is 1. The van der Waals surface area contributed by atoms with Gasteiger partial charge in [-0.15, -0.1) is 0 Å². The molecule has 0 unspecified atom stereocenters. The maximum absolute atomic E-state index is 11.8. The summed E-state index contributed by atoms with van der Waals surface area (Å²) in [4.78, 5) is 29.7. The Morgan fingerprint density at radius 2 is 2.05 bits per heavy atom. The molecule has 0 aliphatic carbocycles. The number of H-pyrrole nitrogens is 1. The SMILES string of the molecule is Cc1ccc(-c2ncc(CC(=O)NN)c(=O)[nH]2)cc1. The molecule has 0 aliphatic rings. The second-order valence-electron chi connectivity index (χ2n) is 4.20. The lowest BCUT2D eigenvalue weighted by Crippen LogP contribution is -2.33. The van der Waals surface area contributed by atoms with Gasteiger partial charge in [-0.1, -0.05) is 29.8 Å². The molecule has 6 nitrogen and oxygen atoms in total. The van der Waals surface area contributed by atoms with Crippen LogP contribution in [0.4, 0.5) is 0 Å². The van der Waals surface area contributed by atoms with E-state index in [1.54, 1.807) is 0 Å². The molecule has 0 fully saturated rings. The van der Waals surface area contributed by atoms with Crippen LogP contribution in [0, 0.1) is 6.92 Å². The first-order valence-corrected chi connectivity index (χ1v) is 5.75. The van der Waals surface area contributed by atoms with Gasteiger partial charge in [0.15, 0.2) is 0 Å². The molecule has 0 saturated heterocycles. The van der Waals surface area contributed by atoms with E-state index < -0.39 is 5.91 Å². The molecule has 0 saturated carbocycles. The van der Waals surface area contributed by atoms with Gasteiger partial charge in [0.2, 0.25) is 5.91 Å². The van der Waals surface area contributed by atoms with E-state index in [-0.39, 0.29) is 17.5 Å². The highest BCUT2D eigenvalue weighted by Gasteiger charge is 2.08. The van der Waals surface area contributed by atoms with Gasteiger partial charge in [-0.25, -0.2) is 10.8 Å². The van der Waals surface area contributed by atoms with Crippen molar-refractivity contribution < 1.29 is 4.79 Å². The van der Waals surface area contributed by atoms with Gasteiger partial charge in [0.1, 0.15) is 5.82 Å². The van der Waals surface area contributed by atoms with Crippen LogP contribution in [0.25, 0.3) is 11.4 Å². The van der Waals surface area contributed by atoms with Crippen LogP contribution in [0.2, 0.25) is 0 Å². The molecule has 4 N–H and O–H groups in total. The summed E-state index contributed by atoms with van der Waals surface area (Å²) >= 11 is 0. The summed E-state index contributed by atoms with van der Waals surface area (Å²) in [6.45, 7) is 1.98. The van der Waals surface area contributed by atoms with Crippen LogP contribution in [-0.4, -0.2) is 15.9 Å². The van der Waals surface area contributed by atoms with E-state index in [0.29, 0.717) is 5.82 Å². The Hall–Kier alpha value is -2.47. The molecule has 1 aromatic carbocycles. The van der Waals surface area contributed by atoms with Gasteiger partial charge >= 0.3 is 0 Å². The van der Waals surface area contributed by atoms with Gasteiger partial charge < -0.3 is 4.98 Å². The maximum Gasteiger partial charge on any atom is 0.254 e. The minimum atomic E-state index is -0.435. The van der Waals surface area contributed by atoms with Crippen molar-refractivity contribution in [3.63, 3.8) is 0 Å². The number of aryl methyl sites for hydroxylation is 1. The molecule has 0 radical (unpaired) electrons. The van der Waals surface area contributed by atoms with E-state index in [9.17, 15) is 9.59 Å². The lowest BCUT2D eigenvalue weighted by Gasteiger charge is -2.03. The van der Waals surface area contributed by atoms with Crippen molar-refractivity contribution in [3.05, 3.63) is 51.9 Å². The highest BCUT2D eigenvalue weighted by Crippen LogP contribution is 2.13. The first kappa shape index (κ1) is 13.0. The predicted molar refractivity (Wildman–Crippen MR) is 71.1 cm³/mol. The average Bonchev–Trinajstić information content (AvgIpc) is 2.41. The molecule has 0 atom stereocenters. The van der Waals surface area contributed by atoms with E-state index in [4.69, 9.17) is 5.84 Å². The van der Waals surface area contributed by atoms with Crippen molar-refractivity contribution in [2.75, 3.05) is 0 Å². The number of aromatic nitrogens is 2. The number of benzene rings is 1. The van der Waals surface area contributed by atoms with Gasteiger partial charge in [0.05, 0.1) is 6.42 Å². The van der Waals surface area contributed by atoms with E-state index in [2.05, 4.69) is 9.97 Å². The lowest BCUT2D eigenvalue weighted by atomic mass is 10.1. The van der Waals surface area contributed by atoms with E-state index >= 15 is 0 Å². The topological polar surface area (TPSA) is 101 Å². The van der Waals surface area contributed by atoms with Gasteiger partial charge in [-0.05, 0) is 6.92 Å². The van der Waals surface area contributed by atoms with Crippen LogP contribution in [0.5, 0.6) is 0 Å². The standard InChI is InChI=1S/C13H14N4O2/c1-8-2-4-9(5-3-8)12-15-7-10(13(19)16-12)6-11(18)17-14/h2-5,7H,6,14H2,1H3,(H,17,18)(H,15,16,19). The minimum absolute atomic E-state index is 0.0903. The molecule has 0 spiro atoms. The molecule has 0 aliphatic heterocycles. The van der Waals surface area contributed by atoms with Gasteiger partial charge in [-0.2, -0.15) is 0 Å². The Labute approximate surface area is 109 Å². The molecule has 2 rings (SSSR count). The van der Waals surface area contributed by atoms with Crippen molar-refractivity contribution in [3.8, 4) is 11.4 Å². The zero-order chi connectivity index (χ0) is 13.8. The fourth-order valence-corrected chi connectivity index (χ4v) is 1.63. The molecule has 6 heteroatoms. The van der Waals surface area contributed by atoms with Crippen LogP contribution in [0.1, 0.15) is 11.1 Å². The third kappa shape index (κ3) is 3.05. The molecule has 0 bridgehead atoms. The number of rotatable bonds is 3. The van der Waals surface area contributed by atoms with Crippen molar-refractivity contribution in [2.24, 2.45) is 5.84 Å². The zero-order valence-electron chi connectivity index (χ0n) is 10.4. The monoisotopic (exact) mass is 258 g/mol. The number of hydrogen-bond donors (Lipinski definition) is 3.